The molecular formula is C11H17NO4. The first-order chi connectivity index (χ1) is 7.68. The van der Waals surface area contributed by atoms with Gasteiger partial charge < -0.3 is 14.7 Å². The van der Waals surface area contributed by atoms with Crippen molar-refractivity contribution in [2.45, 2.75) is 19.3 Å². The van der Waals surface area contributed by atoms with Crippen LogP contribution in [0.2, 0.25) is 0 Å². The van der Waals surface area contributed by atoms with Gasteiger partial charge in [0.25, 0.3) is 0 Å². The van der Waals surface area contributed by atoms with E-state index in [0.29, 0.717) is 45.6 Å². The SMILES string of the molecule is O=C(O)[C@H]1CC[C@@H](C(=O)N2CCOCC2)C1. The van der Waals surface area contributed by atoms with Crippen LogP contribution in [0.15, 0.2) is 0 Å². The molecule has 1 N–H and O–H groups in total. The lowest BCUT2D eigenvalue weighted by Crippen LogP contribution is -2.43. The molecule has 2 fully saturated rings. The van der Waals surface area contributed by atoms with Gasteiger partial charge in [-0.3, -0.25) is 9.59 Å². The summed E-state index contributed by atoms with van der Waals surface area (Å²) >= 11 is 0. The third-order valence-corrected chi connectivity index (χ3v) is 3.45. The predicted molar refractivity (Wildman–Crippen MR) is 55.9 cm³/mol. The number of hydrogen-bond donors (Lipinski definition) is 1. The number of rotatable bonds is 2. The van der Waals surface area contributed by atoms with Gasteiger partial charge in [0, 0.05) is 19.0 Å². The van der Waals surface area contributed by atoms with E-state index >= 15 is 0 Å². The molecule has 0 bridgehead atoms. The summed E-state index contributed by atoms with van der Waals surface area (Å²) in [5, 5.41) is 8.88. The number of carbonyl (C=O) groups is 2. The first kappa shape index (κ1) is 11.4. The molecule has 0 aromatic carbocycles. The topological polar surface area (TPSA) is 66.8 Å². The average molecular weight is 227 g/mol. The maximum atomic E-state index is 12.0. The first-order valence-corrected chi connectivity index (χ1v) is 5.78. The van der Waals surface area contributed by atoms with E-state index in [1.165, 1.54) is 0 Å². The van der Waals surface area contributed by atoms with E-state index in [-0.39, 0.29) is 17.7 Å². The Morgan fingerprint density at radius 3 is 2.31 bits per heavy atom. The van der Waals surface area contributed by atoms with Crippen molar-refractivity contribution in [1.29, 1.82) is 0 Å². The molecule has 2 rings (SSSR count). The zero-order chi connectivity index (χ0) is 11.5. The minimum absolute atomic E-state index is 0.0841. The zero-order valence-electron chi connectivity index (χ0n) is 9.22. The van der Waals surface area contributed by atoms with Gasteiger partial charge >= 0.3 is 5.97 Å². The summed E-state index contributed by atoms with van der Waals surface area (Å²) in [4.78, 5) is 24.7. The van der Waals surface area contributed by atoms with Crippen molar-refractivity contribution < 1.29 is 19.4 Å². The van der Waals surface area contributed by atoms with E-state index in [2.05, 4.69) is 0 Å². The highest BCUT2D eigenvalue weighted by Crippen LogP contribution is 2.32. The van der Waals surface area contributed by atoms with Gasteiger partial charge in [-0.2, -0.15) is 0 Å². The molecule has 1 amide bonds. The molecule has 5 heteroatoms. The number of ether oxygens (including phenoxy) is 1. The van der Waals surface area contributed by atoms with Crippen molar-refractivity contribution in [2.24, 2.45) is 11.8 Å². The van der Waals surface area contributed by atoms with Crippen LogP contribution in [0.3, 0.4) is 0 Å². The fraction of sp³-hybridized carbons (Fsp3) is 0.818. The molecule has 1 aliphatic carbocycles. The van der Waals surface area contributed by atoms with E-state index in [9.17, 15) is 9.59 Å². The summed E-state index contributed by atoms with van der Waals surface area (Å²) in [6.45, 7) is 2.49. The number of carboxylic acids is 1. The Balaban J connectivity index is 1.88. The second-order valence-corrected chi connectivity index (χ2v) is 4.48. The van der Waals surface area contributed by atoms with Crippen LogP contribution in [0.5, 0.6) is 0 Å². The fourth-order valence-corrected chi connectivity index (χ4v) is 2.47. The van der Waals surface area contributed by atoms with Crippen LogP contribution in [0.1, 0.15) is 19.3 Å². The van der Waals surface area contributed by atoms with Crippen LogP contribution in [0.25, 0.3) is 0 Å². The third kappa shape index (κ3) is 2.35. The van der Waals surface area contributed by atoms with Gasteiger partial charge in [-0.1, -0.05) is 0 Å². The highest BCUT2D eigenvalue weighted by atomic mass is 16.5. The van der Waals surface area contributed by atoms with Crippen molar-refractivity contribution >= 4 is 11.9 Å². The zero-order valence-corrected chi connectivity index (χ0v) is 9.22. The first-order valence-electron chi connectivity index (χ1n) is 5.78. The highest BCUT2D eigenvalue weighted by molar-refractivity contribution is 5.81. The minimum atomic E-state index is -0.766. The van der Waals surface area contributed by atoms with Gasteiger partial charge in [0.05, 0.1) is 19.1 Å². The molecule has 1 heterocycles. The van der Waals surface area contributed by atoms with Crippen LogP contribution in [0.4, 0.5) is 0 Å². The minimum Gasteiger partial charge on any atom is -0.481 e. The Morgan fingerprint density at radius 1 is 1.12 bits per heavy atom. The molecule has 2 atom stereocenters. The molecule has 0 unspecified atom stereocenters. The van der Waals surface area contributed by atoms with Crippen LogP contribution < -0.4 is 0 Å². The van der Waals surface area contributed by atoms with Gasteiger partial charge in [-0.15, -0.1) is 0 Å². The van der Waals surface area contributed by atoms with Crippen molar-refractivity contribution in [2.75, 3.05) is 26.3 Å². The molecule has 0 aromatic heterocycles. The smallest absolute Gasteiger partial charge is 0.306 e. The molecule has 2 aliphatic rings. The predicted octanol–water partition coefficient (Wildman–Crippen LogP) is 0.346. The van der Waals surface area contributed by atoms with E-state index in [0.717, 1.165) is 0 Å². The number of carboxylic acid groups (broad SMARTS) is 1. The summed E-state index contributed by atoms with van der Waals surface area (Å²) in [5.74, 6) is -1.06. The van der Waals surface area contributed by atoms with Crippen molar-refractivity contribution in [3.63, 3.8) is 0 Å². The Hall–Kier alpha value is -1.10. The molecule has 1 saturated heterocycles. The fourth-order valence-electron chi connectivity index (χ4n) is 2.47. The second-order valence-electron chi connectivity index (χ2n) is 4.48. The van der Waals surface area contributed by atoms with E-state index in [1.54, 1.807) is 4.90 Å². The lowest BCUT2D eigenvalue weighted by molar-refractivity contribution is -0.142. The molecule has 1 saturated carbocycles. The number of carbonyl (C=O) groups excluding carboxylic acids is 1. The van der Waals surface area contributed by atoms with Gasteiger partial charge in [0.2, 0.25) is 5.91 Å². The Bertz CT molecular complexity index is 286. The van der Waals surface area contributed by atoms with E-state index < -0.39 is 5.97 Å². The molecule has 16 heavy (non-hydrogen) atoms. The summed E-state index contributed by atoms with van der Waals surface area (Å²) < 4.78 is 5.18. The third-order valence-electron chi connectivity index (χ3n) is 3.45. The van der Waals surface area contributed by atoms with Gasteiger partial charge in [-0.25, -0.2) is 0 Å². The molecule has 0 spiro atoms. The normalized spacial score (nSPS) is 30.4. The molecule has 90 valence electrons. The lowest BCUT2D eigenvalue weighted by Gasteiger charge is -2.29. The van der Waals surface area contributed by atoms with Crippen molar-refractivity contribution in [3.8, 4) is 0 Å². The molecule has 0 radical (unpaired) electrons. The maximum absolute atomic E-state index is 12.0. The Kier molecular flexibility index (Phi) is 3.43. The van der Waals surface area contributed by atoms with Gasteiger partial charge in [-0.05, 0) is 19.3 Å². The largest absolute Gasteiger partial charge is 0.481 e. The number of nitrogens with zero attached hydrogens (tertiary/aromatic N) is 1. The highest BCUT2D eigenvalue weighted by Gasteiger charge is 2.36. The summed E-state index contributed by atoms with van der Waals surface area (Å²) in [6.07, 6.45) is 1.86. The van der Waals surface area contributed by atoms with Gasteiger partial charge in [0.15, 0.2) is 0 Å². The molecule has 1 aliphatic heterocycles. The van der Waals surface area contributed by atoms with Crippen LogP contribution in [-0.2, 0) is 14.3 Å². The summed E-state index contributed by atoms with van der Waals surface area (Å²) in [7, 11) is 0. The number of hydrogen-bond acceptors (Lipinski definition) is 3. The van der Waals surface area contributed by atoms with Crippen LogP contribution >= 0.6 is 0 Å². The van der Waals surface area contributed by atoms with Crippen LogP contribution in [0, 0.1) is 11.8 Å². The Morgan fingerprint density at radius 2 is 1.75 bits per heavy atom. The van der Waals surface area contributed by atoms with Crippen molar-refractivity contribution in [3.05, 3.63) is 0 Å². The van der Waals surface area contributed by atoms with E-state index in [4.69, 9.17) is 9.84 Å². The summed E-state index contributed by atoms with van der Waals surface area (Å²) in [5.41, 5.74) is 0. The maximum Gasteiger partial charge on any atom is 0.306 e. The number of morpholine rings is 1. The van der Waals surface area contributed by atoms with Crippen molar-refractivity contribution in [1.82, 2.24) is 4.90 Å². The quantitative estimate of drug-likeness (QED) is 0.739. The molecular weight excluding hydrogens is 210 g/mol. The van der Waals surface area contributed by atoms with E-state index in [1.807, 2.05) is 0 Å². The number of amides is 1. The molecule has 5 nitrogen and oxygen atoms in total. The monoisotopic (exact) mass is 227 g/mol. The Labute approximate surface area is 94.4 Å². The lowest BCUT2D eigenvalue weighted by atomic mass is 10.0. The molecule has 0 aromatic rings. The second kappa shape index (κ2) is 4.82. The van der Waals surface area contributed by atoms with Crippen LogP contribution in [-0.4, -0.2) is 48.2 Å². The van der Waals surface area contributed by atoms with Gasteiger partial charge in [0.1, 0.15) is 0 Å². The standard InChI is InChI=1S/C11H17NO4/c13-10(12-3-5-16-6-4-12)8-1-2-9(7-8)11(14)15/h8-9H,1-7H2,(H,14,15)/t8-,9+/m1/s1. The average Bonchev–Trinajstić information content (AvgIpc) is 2.78. The number of aliphatic carboxylic acids is 1. The summed E-state index contributed by atoms with van der Waals surface area (Å²) in [6, 6.07) is 0.